The summed E-state index contributed by atoms with van der Waals surface area (Å²) in [5.74, 6) is 0.0724. The van der Waals surface area contributed by atoms with E-state index in [1.54, 1.807) is 0 Å². The quantitative estimate of drug-likeness (QED) is 0.866. The van der Waals surface area contributed by atoms with E-state index >= 15 is 0 Å². The van der Waals surface area contributed by atoms with Gasteiger partial charge >= 0.3 is 0 Å². The van der Waals surface area contributed by atoms with Crippen molar-refractivity contribution < 1.29 is 4.79 Å². The Balaban J connectivity index is 1.90. The second-order valence-corrected chi connectivity index (χ2v) is 5.28. The van der Waals surface area contributed by atoms with Crippen molar-refractivity contribution in [3.63, 3.8) is 0 Å². The van der Waals surface area contributed by atoms with Gasteiger partial charge in [0.25, 0.3) is 0 Å². The molecule has 0 saturated heterocycles. The molecule has 1 heterocycles. The predicted molar refractivity (Wildman–Crippen MR) is 80.7 cm³/mol. The molecule has 0 fully saturated rings. The first-order valence-corrected chi connectivity index (χ1v) is 6.90. The van der Waals surface area contributed by atoms with E-state index in [1.165, 1.54) is 5.56 Å². The standard InChI is InChI=1S/C15H22N4O/c1-12-5-4-6-14-13(12)11-17-19(14)9-7-15(20)16-8-10-18(2)3/h4-6,11H,7-10H2,1-3H3,(H,16,20). The Morgan fingerprint density at radius 1 is 1.40 bits per heavy atom. The van der Waals surface area contributed by atoms with E-state index in [0.717, 1.165) is 17.4 Å². The topological polar surface area (TPSA) is 50.2 Å². The number of carbonyl (C=O) groups excluding carboxylic acids is 1. The van der Waals surface area contributed by atoms with Crippen LogP contribution in [0.1, 0.15) is 12.0 Å². The van der Waals surface area contributed by atoms with Gasteiger partial charge in [-0.05, 0) is 32.6 Å². The highest BCUT2D eigenvalue weighted by Crippen LogP contribution is 2.17. The summed E-state index contributed by atoms with van der Waals surface area (Å²) in [4.78, 5) is 13.8. The monoisotopic (exact) mass is 274 g/mol. The maximum Gasteiger partial charge on any atom is 0.221 e. The van der Waals surface area contributed by atoms with Gasteiger partial charge in [0.2, 0.25) is 5.91 Å². The van der Waals surface area contributed by atoms with Gasteiger partial charge in [-0.15, -0.1) is 0 Å². The second-order valence-electron chi connectivity index (χ2n) is 5.28. The van der Waals surface area contributed by atoms with E-state index in [9.17, 15) is 4.79 Å². The van der Waals surface area contributed by atoms with Crippen LogP contribution in [0.5, 0.6) is 0 Å². The second kappa shape index (κ2) is 6.52. The lowest BCUT2D eigenvalue weighted by atomic mass is 10.1. The predicted octanol–water partition coefficient (Wildman–Crippen LogP) is 1.41. The van der Waals surface area contributed by atoms with Crippen LogP contribution in [0, 0.1) is 6.92 Å². The Hall–Kier alpha value is -1.88. The van der Waals surface area contributed by atoms with Crippen LogP contribution < -0.4 is 5.32 Å². The SMILES string of the molecule is Cc1cccc2c1cnn2CCC(=O)NCCN(C)C. The van der Waals surface area contributed by atoms with Crippen molar-refractivity contribution in [1.82, 2.24) is 20.0 Å². The molecule has 0 aliphatic heterocycles. The summed E-state index contributed by atoms with van der Waals surface area (Å²) in [5, 5.41) is 8.43. The van der Waals surface area contributed by atoms with Crippen LogP contribution in [0.2, 0.25) is 0 Å². The highest BCUT2D eigenvalue weighted by molar-refractivity contribution is 5.82. The first-order valence-electron chi connectivity index (χ1n) is 6.90. The smallest absolute Gasteiger partial charge is 0.221 e. The summed E-state index contributed by atoms with van der Waals surface area (Å²) >= 11 is 0. The Labute approximate surface area is 119 Å². The molecule has 1 N–H and O–H groups in total. The molecule has 108 valence electrons. The summed E-state index contributed by atoms with van der Waals surface area (Å²) in [5.41, 5.74) is 2.30. The van der Waals surface area contributed by atoms with E-state index < -0.39 is 0 Å². The number of carbonyl (C=O) groups is 1. The molecule has 0 spiro atoms. The highest BCUT2D eigenvalue weighted by atomic mass is 16.1. The van der Waals surface area contributed by atoms with Gasteiger partial charge in [0, 0.05) is 24.9 Å². The molecule has 1 aromatic carbocycles. The summed E-state index contributed by atoms with van der Waals surface area (Å²) < 4.78 is 1.90. The van der Waals surface area contributed by atoms with Crippen molar-refractivity contribution in [3.05, 3.63) is 30.0 Å². The number of likely N-dealkylation sites (N-methyl/N-ethyl adjacent to an activating group) is 1. The molecular formula is C15H22N4O. The fourth-order valence-electron chi connectivity index (χ4n) is 2.14. The van der Waals surface area contributed by atoms with Crippen molar-refractivity contribution in [2.75, 3.05) is 27.2 Å². The van der Waals surface area contributed by atoms with E-state index in [0.29, 0.717) is 19.5 Å². The van der Waals surface area contributed by atoms with Crippen molar-refractivity contribution in [2.24, 2.45) is 0 Å². The molecule has 5 heteroatoms. The zero-order chi connectivity index (χ0) is 14.5. The van der Waals surface area contributed by atoms with Crippen LogP contribution in [-0.2, 0) is 11.3 Å². The molecule has 1 amide bonds. The Morgan fingerprint density at radius 2 is 2.20 bits per heavy atom. The number of hydrogen-bond acceptors (Lipinski definition) is 3. The van der Waals surface area contributed by atoms with E-state index in [1.807, 2.05) is 42.0 Å². The van der Waals surface area contributed by atoms with Crippen LogP contribution in [-0.4, -0.2) is 47.8 Å². The molecule has 0 radical (unpaired) electrons. The zero-order valence-electron chi connectivity index (χ0n) is 12.4. The summed E-state index contributed by atoms with van der Waals surface area (Å²) in [6, 6.07) is 6.13. The molecule has 20 heavy (non-hydrogen) atoms. The third kappa shape index (κ3) is 3.57. The fourth-order valence-corrected chi connectivity index (χ4v) is 2.14. The molecule has 0 unspecified atom stereocenters. The minimum atomic E-state index is 0.0724. The summed E-state index contributed by atoms with van der Waals surface area (Å²) in [6.45, 7) is 4.23. The van der Waals surface area contributed by atoms with Crippen molar-refractivity contribution >= 4 is 16.8 Å². The third-order valence-corrected chi connectivity index (χ3v) is 3.34. The van der Waals surface area contributed by atoms with Crippen molar-refractivity contribution in [3.8, 4) is 0 Å². The molecule has 0 aliphatic rings. The van der Waals surface area contributed by atoms with Crippen LogP contribution in [0.15, 0.2) is 24.4 Å². The van der Waals surface area contributed by atoms with Crippen LogP contribution in [0.4, 0.5) is 0 Å². The molecule has 1 aromatic heterocycles. The number of rotatable bonds is 6. The van der Waals surface area contributed by atoms with Gasteiger partial charge in [0.05, 0.1) is 18.3 Å². The maximum absolute atomic E-state index is 11.8. The van der Waals surface area contributed by atoms with Crippen LogP contribution >= 0.6 is 0 Å². The molecule has 0 aliphatic carbocycles. The van der Waals surface area contributed by atoms with Crippen LogP contribution in [0.3, 0.4) is 0 Å². The third-order valence-electron chi connectivity index (χ3n) is 3.34. The summed E-state index contributed by atoms with van der Waals surface area (Å²) in [6.07, 6.45) is 2.33. The van der Waals surface area contributed by atoms with Crippen molar-refractivity contribution in [1.29, 1.82) is 0 Å². The van der Waals surface area contributed by atoms with Gasteiger partial charge in [-0.25, -0.2) is 0 Å². The lowest BCUT2D eigenvalue weighted by molar-refractivity contribution is -0.121. The van der Waals surface area contributed by atoms with Gasteiger partial charge in [-0.1, -0.05) is 12.1 Å². The Morgan fingerprint density at radius 3 is 2.95 bits per heavy atom. The number of benzene rings is 1. The number of hydrogen-bond donors (Lipinski definition) is 1. The normalized spacial score (nSPS) is 11.2. The minimum absolute atomic E-state index is 0.0724. The van der Waals surface area contributed by atoms with Gasteiger partial charge in [-0.3, -0.25) is 9.48 Å². The average Bonchev–Trinajstić information content (AvgIpc) is 2.80. The van der Waals surface area contributed by atoms with Gasteiger partial charge in [-0.2, -0.15) is 5.10 Å². The molecule has 0 bridgehead atoms. The van der Waals surface area contributed by atoms with Gasteiger partial charge < -0.3 is 10.2 Å². The molecule has 0 atom stereocenters. The molecular weight excluding hydrogens is 252 g/mol. The highest BCUT2D eigenvalue weighted by Gasteiger charge is 2.06. The minimum Gasteiger partial charge on any atom is -0.355 e. The average molecular weight is 274 g/mol. The molecule has 2 aromatic rings. The van der Waals surface area contributed by atoms with Gasteiger partial charge in [0.15, 0.2) is 0 Å². The Bertz CT molecular complexity index is 589. The number of amides is 1. The zero-order valence-corrected chi connectivity index (χ0v) is 12.4. The van der Waals surface area contributed by atoms with Gasteiger partial charge in [0.1, 0.15) is 0 Å². The fraction of sp³-hybridized carbons (Fsp3) is 0.467. The van der Waals surface area contributed by atoms with E-state index in [-0.39, 0.29) is 5.91 Å². The van der Waals surface area contributed by atoms with E-state index in [2.05, 4.69) is 23.4 Å². The maximum atomic E-state index is 11.8. The largest absolute Gasteiger partial charge is 0.355 e. The van der Waals surface area contributed by atoms with Crippen LogP contribution in [0.25, 0.3) is 10.9 Å². The Kier molecular flexibility index (Phi) is 4.74. The number of aryl methyl sites for hydroxylation is 2. The number of nitrogens with one attached hydrogen (secondary N) is 1. The molecule has 0 saturated carbocycles. The van der Waals surface area contributed by atoms with E-state index in [4.69, 9.17) is 0 Å². The first kappa shape index (κ1) is 14.5. The first-order chi connectivity index (χ1) is 9.58. The number of fused-ring (bicyclic) bond motifs is 1. The number of aromatic nitrogens is 2. The summed E-state index contributed by atoms with van der Waals surface area (Å²) in [7, 11) is 3.98. The molecule has 5 nitrogen and oxygen atoms in total. The van der Waals surface area contributed by atoms with Crippen molar-refractivity contribution in [2.45, 2.75) is 19.9 Å². The lowest BCUT2D eigenvalue weighted by Gasteiger charge is -2.10. The lowest BCUT2D eigenvalue weighted by Crippen LogP contribution is -2.31. The molecule has 2 rings (SSSR count). The number of nitrogens with zero attached hydrogens (tertiary/aromatic N) is 3.